The fraction of sp³-hybridized carbons (Fsp3) is 0.238. The quantitative estimate of drug-likeness (QED) is 0.761. The maximum atomic E-state index is 13.0. The monoisotopic (exact) mass is 413 g/mol. The number of benzene rings is 2. The van der Waals surface area contributed by atoms with Crippen molar-refractivity contribution < 1.29 is 17.9 Å². The maximum absolute atomic E-state index is 13.0. The summed E-state index contributed by atoms with van der Waals surface area (Å²) in [6.07, 6.45) is 1.78. The number of nitrogens with two attached hydrogens (primary N) is 1. The van der Waals surface area contributed by atoms with E-state index < -0.39 is 10.0 Å². The lowest BCUT2D eigenvalue weighted by Crippen LogP contribution is -2.21. The van der Waals surface area contributed by atoms with E-state index in [0.717, 1.165) is 22.4 Å². The Morgan fingerprint density at radius 3 is 2.38 bits per heavy atom. The van der Waals surface area contributed by atoms with Crippen LogP contribution in [0.2, 0.25) is 0 Å². The summed E-state index contributed by atoms with van der Waals surface area (Å²) < 4.78 is 28.6. The van der Waals surface area contributed by atoms with Crippen LogP contribution < -0.4 is 14.9 Å². The predicted octanol–water partition coefficient (Wildman–Crippen LogP) is 3.16. The van der Waals surface area contributed by atoms with E-state index >= 15 is 0 Å². The van der Waals surface area contributed by atoms with Crippen molar-refractivity contribution >= 4 is 33.4 Å². The van der Waals surface area contributed by atoms with Gasteiger partial charge in [0.25, 0.3) is 5.91 Å². The molecule has 7 nitrogen and oxygen atoms in total. The smallest absolute Gasteiger partial charge is 0.280 e. The van der Waals surface area contributed by atoms with Gasteiger partial charge in [0.05, 0.1) is 28.5 Å². The molecule has 0 unspecified atom stereocenters. The third-order valence-corrected chi connectivity index (χ3v) is 5.44. The molecular weight excluding hydrogens is 390 g/mol. The highest BCUT2D eigenvalue weighted by atomic mass is 32.2. The zero-order valence-corrected chi connectivity index (χ0v) is 17.6. The molecule has 1 aliphatic heterocycles. The van der Waals surface area contributed by atoms with Crippen LogP contribution in [0.4, 0.5) is 5.69 Å². The third-order valence-electron chi connectivity index (χ3n) is 4.51. The van der Waals surface area contributed by atoms with E-state index in [2.05, 4.69) is 5.10 Å². The number of nitrogens with zero attached hydrogens (tertiary/aromatic N) is 2. The van der Waals surface area contributed by atoms with E-state index in [9.17, 15) is 13.2 Å². The molecule has 1 aliphatic rings. The van der Waals surface area contributed by atoms with Crippen LogP contribution in [-0.2, 0) is 14.8 Å². The Morgan fingerprint density at radius 1 is 1.14 bits per heavy atom. The van der Waals surface area contributed by atoms with Crippen LogP contribution in [0.15, 0.2) is 52.0 Å². The molecule has 1 heterocycles. The summed E-state index contributed by atoms with van der Waals surface area (Å²) in [7, 11) is -3.80. The number of ether oxygens (including phenoxy) is 1. The summed E-state index contributed by atoms with van der Waals surface area (Å²) >= 11 is 0. The molecule has 1 amide bonds. The molecule has 0 radical (unpaired) electrons. The van der Waals surface area contributed by atoms with E-state index in [1.807, 2.05) is 32.9 Å². The van der Waals surface area contributed by atoms with Crippen molar-refractivity contribution in [2.45, 2.75) is 32.6 Å². The highest BCUT2D eigenvalue weighted by Gasteiger charge is 2.29. The van der Waals surface area contributed by atoms with Gasteiger partial charge in [0, 0.05) is 5.56 Å². The normalized spacial score (nSPS) is 15.8. The Bertz CT molecular complexity index is 1130. The number of rotatable bonds is 5. The minimum atomic E-state index is -3.80. The molecule has 3 rings (SSSR count). The van der Waals surface area contributed by atoms with Crippen LogP contribution in [0.3, 0.4) is 0 Å². The summed E-state index contributed by atoms with van der Waals surface area (Å²) in [6, 6.07) is 9.70. The molecule has 0 saturated carbocycles. The molecule has 8 heteroatoms. The Labute approximate surface area is 170 Å². The van der Waals surface area contributed by atoms with Crippen molar-refractivity contribution in [2.75, 3.05) is 11.6 Å². The average Bonchev–Trinajstić information content (AvgIpc) is 2.92. The molecular formula is C21H23N3O4S. The first-order valence-corrected chi connectivity index (χ1v) is 10.6. The van der Waals surface area contributed by atoms with Crippen LogP contribution >= 0.6 is 0 Å². The van der Waals surface area contributed by atoms with Crippen molar-refractivity contribution in [3.8, 4) is 5.75 Å². The number of hydrogen-bond acceptors (Lipinski definition) is 5. The second-order valence-electron chi connectivity index (χ2n) is 6.83. The lowest BCUT2D eigenvalue weighted by Gasteiger charge is -2.14. The highest BCUT2D eigenvalue weighted by Crippen LogP contribution is 2.31. The summed E-state index contributed by atoms with van der Waals surface area (Å²) in [5.41, 5.74) is 4.34. The summed E-state index contributed by atoms with van der Waals surface area (Å²) in [5.74, 6) is 0.439. The fourth-order valence-electron chi connectivity index (χ4n) is 3.23. The van der Waals surface area contributed by atoms with E-state index in [0.29, 0.717) is 23.6 Å². The average molecular weight is 413 g/mol. The molecule has 152 valence electrons. The molecule has 0 spiro atoms. The van der Waals surface area contributed by atoms with Gasteiger partial charge in [-0.05, 0) is 69.7 Å². The Hall–Kier alpha value is -2.97. The zero-order valence-electron chi connectivity index (χ0n) is 16.8. The van der Waals surface area contributed by atoms with Crippen LogP contribution in [0.5, 0.6) is 5.75 Å². The van der Waals surface area contributed by atoms with Gasteiger partial charge in [-0.25, -0.2) is 13.6 Å². The molecule has 2 aromatic carbocycles. The molecule has 0 aliphatic carbocycles. The van der Waals surface area contributed by atoms with Crippen molar-refractivity contribution in [3.63, 3.8) is 0 Å². The van der Waals surface area contributed by atoms with Crippen molar-refractivity contribution in [1.82, 2.24) is 0 Å². The lowest BCUT2D eigenvalue weighted by molar-refractivity contribution is -0.114. The number of aryl methyl sites for hydroxylation is 2. The number of carbonyl (C=O) groups is 1. The molecule has 0 bridgehead atoms. The van der Waals surface area contributed by atoms with E-state index in [1.54, 1.807) is 13.0 Å². The van der Waals surface area contributed by atoms with Crippen LogP contribution in [0.25, 0.3) is 6.08 Å². The first-order chi connectivity index (χ1) is 13.6. The van der Waals surface area contributed by atoms with Gasteiger partial charge in [0.15, 0.2) is 0 Å². The molecule has 2 N–H and O–H groups in total. The van der Waals surface area contributed by atoms with Crippen molar-refractivity contribution in [1.29, 1.82) is 0 Å². The Balaban J connectivity index is 1.99. The number of sulfonamides is 1. The minimum Gasteiger partial charge on any atom is -0.493 e. The Morgan fingerprint density at radius 2 is 1.79 bits per heavy atom. The van der Waals surface area contributed by atoms with Crippen molar-refractivity contribution in [3.05, 3.63) is 58.7 Å². The molecule has 0 atom stereocenters. The number of amides is 1. The largest absolute Gasteiger partial charge is 0.493 e. The van der Waals surface area contributed by atoms with Crippen molar-refractivity contribution in [2.24, 2.45) is 10.2 Å². The third kappa shape index (κ3) is 4.23. The molecule has 0 fully saturated rings. The standard InChI is InChI=1S/C21H23N3O4S/c1-5-28-20-14(3)10-13(2)11-16(20)12-19-15(4)23-24(21(19)25)17-6-8-18(9-7-17)29(22,26)27/h6-12H,5H2,1-4H3,(H2,22,26,27)/b19-12-. The van der Waals surface area contributed by atoms with Crippen LogP contribution in [0, 0.1) is 13.8 Å². The van der Waals surface area contributed by atoms with Gasteiger partial charge in [0.2, 0.25) is 10.0 Å². The summed E-state index contributed by atoms with van der Waals surface area (Å²) in [5, 5.41) is 10.7. The molecule has 29 heavy (non-hydrogen) atoms. The van der Waals surface area contributed by atoms with Crippen LogP contribution in [-0.4, -0.2) is 26.6 Å². The molecule has 0 saturated heterocycles. The highest BCUT2D eigenvalue weighted by molar-refractivity contribution is 7.89. The van der Waals surface area contributed by atoms with Gasteiger partial charge in [-0.3, -0.25) is 4.79 Å². The SMILES string of the molecule is CCOc1c(C)cc(C)cc1/C=C1\C(=O)N(c2ccc(S(N)(=O)=O)cc2)N=C1C. The fourth-order valence-corrected chi connectivity index (χ4v) is 3.74. The van der Waals surface area contributed by atoms with Gasteiger partial charge in [-0.1, -0.05) is 11.6 Å². The second kappa shape index (κ2) is 7.81. The number of anilines is 1. The minimum absolute atomic E-state index is 0.0269. The molecule has 0 aromatic heterocycles. The number of hydrazone groups is 1. The van der Waals surface area contributed by atoms with Gasteiger partial charge in [-0.15, -0.1) is 0 Å². The first kappa shape index (κ1) is 20.8. The van der Waals surface area contributed by atoms with Gasteiger partial charge >= 0.3 is 0 Å². The number of carbonyl (C=O) groups excluding carboxylic acids is 1. The maximum Gasteiger partial charge on any atom is 0.280 e. The van der Waals surface area contributed by atoms with E-state index in [-0.39, 0.29) is 10.8 Å². The van der Waals surface area contributed by atoms with E-state index in [4.69, 9.17) is 9.88 Å². The lowest BCUT2D eigenvalue weighted by atomic mass is 10.0. The first-order valence-electron chi connectivity index (χ1n) is 9.10. The predicted molar refractivity (Wildman–Crippen MR) is 113 cm³/mol. The second-order valence-corrected chi connectivity index (χ2v) is 8.39. The summed E-state index contributed by atoms with van der Waals surface area (Å²) in [4.78, 5) is 13.0. The van der Waals surface area contributed by atoms with Gasteiger partial charge in [0.1, 0.15) is 5.75 Å². The zero-order chi connectivity index (χ0) is 21.3. The van der Waals surface area contributed by atoms with Crippen LogP contribution in [0.1, 0.15) is 30.5 Å². The van der Waals surface area contributed by atoms with Gasteiger partial charge < -0.3 is 4.74 Å². The number of primary sulfonamides is 1. The number of hydrogen-bond donors (Lipinski definition) is 1. The topological polar surface area (TPSA) is 102 Å². The Kier molecular flexibility index (Phi) is 5.59. The van der Waals surface area contributed by atoms with Gasteiger partial charge in [-0.2, -0.15) is 10.1 Å². The summed E-state index contributed by atoms with van der Waals surface area (Å²) in [6.45, 7) is 8.14. The molecule has 2 aromatic rings. The van der Waals surface area contributed by atoms with E-state index in [1.165, 1.54) is 29.3 Å².